The summed E-state index contributed by atoms with van der Waals surface area (Å²) in [6, 6.07) is 0. The molecule has 0 aliphatic rings. The van der Waals surface area contributed by atoms with Crippen molar-refractivity contribution in [1.29, 1.82) is 0 Å². The molecule has 14 heavy (non-hydrogen) atoms. The van der Waals surface area contributed by atoms with Crippen LogP contribution >= 0.6 is 7.60 Å². The topological polar surface area (TPSA) is 83.8 Å². The van der Waals surface area contributed by atoms with Gasteiger partial charge in [0, 0.05) is 12.0 Å². The van der Waals surface area contributed by atoms with E-state index in [-0.39, 0.29) is 5.92 Å². The quantitative estimate of drug-likeness (QED) is 0.415. The third-order valence-corrected chi connectivity index (χ3v) is 3.14. The van der Waals surface area contributed by atoms with E-state index in [0.29, 0.717) is 6.42 Å². The minimum atomic E-state index is -4.41. The molecule has 0 saturated heterocycles. The van der Waals surface area contributed by atoms with Gasteiger partial charge in [0.15, 0.2) is 0 Å². The third kappa shape index (κ3) is 4.05. The number of carbonyl (C=O) groups excluding carboxylic acids is 1. The zero-order chi connectivity index (χ0) is 11.4. The molecule has 0 aromatic rings. The van der Waals surface area contributed by atoms with E-state index in [1.54, 1.807) is 13.8 Å². The lowest BCUT2D eigenvalue weighted by Crippen LogP contribution is -2.24. The van der Waals surface area contributed by atoms with Crippen LogP contribution in [0.4, 0.5) is 0 Å². The van der Waals surface area contributed by atoms with Crippen LogP contribution in [0.1, 0.15) is 20.3 Å². The molecule has 0 bridgehead atoms. The molecule has 2 atom stereocenters. The van der Waals surface area contributed by atoms with Crippen molar-refractivity contribution in [1.82, 2.24) is 0 Å². The van der Waals surface area contributed by atoms with Crippen LogP contribution in [0.2, 0.25) is 0 Å². The highest BCUT2D eigenvalue weighted by atomic mass is 31.2. The molecule has 82 valence electrons. The molecular weight excluding hydrogens is 207 g/mol. The Balaban J connectivity index is 4.65. The van der Waals surface area contributed by atoms with Gasteiger partial charge >= 0.3 is 13.6 Å². The molecule has 0 saturated carbocycles. The molecule has 2 N–H and O–H groups in total. The first-order chi connectivity index (χ1) is 6.32. The molecule has 0 fully saturated rings. The Hall–Kier alpha value is -0.640. The van der Waals surface area contributed by atoms with Gasteiger partial charge in [0.2, 0.25) is 5.85 Å². The highest BCUT2D eigenvalue weighted by Crippen LogP contribution is 2.46. The Labute approximate surface area is 82.9 Å². The van der Waals surface area contributed by atoms with E-state index < -0.39 is 19.4 Å². The molecule has 0 radical (unpaired) electrons. The maximum atomic E-state index is 11.0. The first-order valence-electron chi connectivity index (χ1n) is 4.21. The molecule has 5 nitrogen and oxygen atoms in total. The molecule has 0 heterocycles. The molecule has 0 aromatic heterocycles. The predicted molar refractivity (Wildman–Crippen MR) is 51.6 cm³/mol. The highest BCUT2D eigenvalue weighted by molar-refractivity contribution is 7.52. The fourth-order valence-electron chi connectivity index (χ4n) is 0.885. The van der Waals surface area contributed by atoms with Crippen LogP contribution in [0, 0.1) is 5.92 Å². The molecule has 0 spiro atoms. The number of hydrogen-bond acceptors (Lipinski definition) is 3. The van der Waals surface area contributed by atoms with Gasteiger partial charge in [-0.3, -0.25) is 4.57 Å². The Morgan fingerprint density at radius 3 is 2.43 bits per heavy atom. The number of carbonyl (C=O) groups is 1. The number of esters is 1. The van der Waals surface area contributed by atoms with E-state index in [0.717, 1.165) is 6.08 Å². The predicted octanol–water partition coefficient (Wildman–Crippen LogP) is 1.27. The van der Waals surface area contributed by atoms with Crippen LogP contribution in [0.5, 0.6) is 0 Å². The maximum absolute atomic E-state index is 11.0. The van der Waals surface area contributed by atoms with Crippen molar-refractivity contribution >= 4 is 13.6 Å². The summed E-state index contributed by atoms with van der Waals surface area (Å²) in [6.07, 6.45) is 1.39. The maximum Gasteiger partial charge on any atom is 0.366 e. The summed E-state index contributed by atoms with van der Waals surface area (Å²) in [4.78, 5) is 28.7. The Morgan fingerprint density at radius 2 is 2.14 bits per heavy atom. The number of ether oxygens (including phenoxy) is 1. The molecule has 0 aliphatic heterocycles. The minimum absolute atomic E-state index is 0.389. The fourth-order valence-corrected chi connectivity index (χ4v) is 2.00. The van der Waals surface area contributed by atoms with Gasteiger partial charge in [-0.25, -0.2) is 4.79 Å². The van der Waals surface area contributed by atoms with E-state index in [4.69, 9.17) is 9.79 Å². The average molecular weight is 222 g/mol. The van der Waals surface area contributed by atoms with Crippen molar-refractivity contribution in [3.63, 3.8) is 0 Å². The van der Waals surface area contributed by atoms with Gasteiger partial charge in [-0.1, -0.05) is 20.4 Å². The van der Waals surface area contributed by atoms with Crippen molar-refractivity contribution in [2.75, 3.05) is 0 Å². The molecule has 0 rings (SSSR count). The van der Waals surface area contributed by atoms with Crippen LogP contribution in [-0.4, -0.2) is 21.6 Å². The average Bonchev–Trinajstić information content (AvgIpc) is 2.10. The van der Waals surface area contributed by atoms with E-state index in [1.807, 2.05) is 0 Å². The van der Waals surface area contributed by atoms with Gasteiger partial charge in [0.25, 0.3) is 0 Å². The molecular formula is C8H15O5P. The minimum Gasteiger partial charge on any atom is -0.446 e. The molecule has 2 unspecified atom stereocenters. The monoisotopic (exact) mass is 222 g/mol. The summed E-state index contributed by atoms with van der Waals surface area (Å²) in [5.41, 5.74) is 0. The summed E-state index contributed by atoms with van der Waals surface area (Å²) in [5, 5.41) is 0. The summed E-state index contributed by atoms with van der Waals surface area (Å²) in [6.45, 7) is 6.52. The lowest BCUT2D eigenvalue weighted by molar-refractivity contribution is -0.142. The molecule has 6 heteroatoms. The van der Waals surface area contributed by atoms with E-state index >= 15 is 0 Å². The highest BCUT2D eigenvalue weighted by Gasteiger charge is 2.36. The number of hydrogen-bond donors (Lipinski definition) is 2. The molecule has 0 aliphatic carbocycles. The van der Waals surface area contributed by atoms with Crippen molar-refractivity contribution in [2.45, 2.75) is 26.1 Å². The Morgan fingerprint density at radius 1 is 1.64 bits per heavy atom. The van der Waals surface area contributed by atoms with Gasteiger partial charge in [0.05, 0.1) is 0 Å². The van der Waals surface area contributed by atoms with Crippen LogP contribution in [0.25, 0.3) is 0 Å². The third-order valence-electron chi connectivity index (χ3n) is 1.87. The molecule has 0 aromatic carbocycles. The second-order valence-corrected chi connectivity index (χ2v) is 4.69. The van der Waals surface area contributed by atoms with Gasteiger partial charge in [-0.15, -0.1) is 0 Å². The second kappa shape index (κ2) is 5.29. The van der Waals surface area contributed by atoms with Crippen LogP contribution < -0.4 is 0 Å². The van der Waals surface area contributed by atoms with Crippen molar-refractivity contribution in [3.8, 4) is 0 Å². The summed E-state index contributed by atoms with van der Waals surface area (Å²) in [7, 11) is -4.41. The van der Waals surface area contributed by atoms with Gasteiger partial charge in [-0.05, 0) is 6.42 Å². The lowest BCUT2D eigenvalue weighted by atomic mass is 10.1. The number of rotatable bonds is 5. The Kier molecular flexibility index (Phi) is 5.05. The van der Waals surface area contributed by atoms with Gasteiger partial charge in [0.1, 0.15) is 0 Å². The zero-order valence-corrected chi connectivity index (χ0v) is 9.11. The van der Waals surface area contributed by atoms with Gasteiger partial charge in [-0.2, -0.15) is 0 Å². The van der Waals surface area contributed by atoms with Gasteiger partial charge < -0.3 is 14.5 Å². The normalized spacial score (nSPS) is 15.7. The Bertz CT molecular complexity index is 256. The first-order valence-corrected chi connectivity index (χ1v) is 5.89. The lowest BCUT2D eigenvalue weighted by Gasteiger charge is -2.23. The smallest absolute Gasteiger partial charge is 0.366 e. The standard InChI is InChI=1S/C8H15O5P/c1-4-6(3)8(14(10,11)12)13-7(9)5-2/h5-6,8H,2,4H2,1,3H3,(H2,10,11,12). The van der Waals surface area contributed by atoms with Crippen molar-refractivity contribution in [3.05, 3.63) is 12.7 Å². The second-order valence-electron chi connectivity index (χ2n) is 3.01. The van der Waals surface area contributed by atoms with Crippen molar-refractivity contribution < 1.29 is 23.9 Å². The van der Waals surface area contributed by atoms with E-state index in [1.165, 1.54) is 0 Å². The van der Waals surface area contributed by atoms with Crippen molar-refractivity contribution in [2.24, 2.45) is 5.92 Å². The fraction of sp³-hybridized carbons (Fsp3) is 0.625. The van der Waals surface area contributed by atoms with Crippen LogP contribution in [0.3, 0.4) is 0 Å². The van der Waals surface area contributed by atoms with Crippen LogP contribution in [-0.2, 0) is 14.1 Å². The van der Waals surface area contributed by atoms with Crippen LogP contribution in [0.15, 0.2) is 12.7 Å². The zero-order valence-electron chi connectivity index (χ0n) is 8.21. The summed E-state index contributed by atoms with van der Waals surface area (Å²) < 4.78 is 15.6. The first kappa shape index (κ1) is 13.4. The molecule has 0 amide bonds. The summed E-state index contributed by atoms with van der Waals surface area (Å²) in [5.74, 6) is -2.59. The summed E-state index contributed by atoms with van der Waals surface area (Å²) >= 11 is 0. The van der Waals surface area contributed by atoms with E-state index in [2.05, 4.69) is 11.3 Å². The van der Waals surface area contributed by atoms with E-state index in [9.17, 15) is 9.36 Å². The largest absolute Gasteiger partial charge is 0.446 e. The SMILES string of the molecule is C=CC(=O)OC(C(C)CC)P(=O)(O)O.